The van der Waals surface area contributed by atoms with E-state index in [0.717, 1.165) is 16.8 Å². The minimum atomic E-state index is -0.418. The number of para-hydroxylation sites is 1. The van der Waals surface area contributed by atoms with E-state index in [1.165, 1.54) is 10.5 Å². The van der Waals surface area contributed by atoms with Crippen LogP contribution in [0, 0.1) is 0 Å². The summed E-state index contributed by atoms with van der Waals surface area (Å²) in [5.74, 6) is 0.518. The lowest BCUT2D eigenvalue weighted by Gasteiger charge is -2.16. The number of ether oxygens (including phenoxy) is 1. The molecule has 0 spiro atoms. The Hall–Kier alpha value is -4.37. The third-order valence-corrected chi connectivity index (χ3v) is 4.81. The molecular formula is C30H27NO2. The highest BCUT2D eigenvalue weighted by atomic mass is 16.6. The SMILES string of the molecule is C=Cc1ccccc1.CN(C(=O)Oc1ccc(C=Cc2ccccc2)cc1)c1ccccc1. The van der Waals surface area contributed by atoms with Crippen molar-refractivity contribution in [2.45, 2.75) is 0 Å². The maximum Gasteiger partial charge on any atom is 0.419 e. The molecule has 164 valence electrons. The minimum Gasteiger partial charge on any atom is -0.410 e. The van der Waals surface area contributed by atoms with Gasteiger partial charge in [0.15, 0.2) is 0 Å². The Morgan fingerprint density at radius 1 is 0.667 bits per heavy atom. The molecule has 1 amide bonds. The van der Waals surface area contributed by atoms with Crippen LogP contribution in [-0.2, 0) is 0 Å². The Morgan fingerprint density at radius 2 is 1.12 bits per heavy atom. The van der Waals surface area contributed by atoms with Crippen molar-refractivity contribution in [3.05, 3.63) is 139 Å². The van der Waals surface area contributed by atoms with Gasteiger partial charge in [0.05, 0.1) is 0 Å². The topological polar surface area (TPSA) is 29.5 Å². The molecule has 4 rings (SSSR count). The molecule has 0 saturated heterocycles. The quantitative estimate of drug-likeness (QED) is 0.300. The third kappa shape index (κ3) is 7.67. The Balaban J connectivity index is 0.000000323. The van der Waals surface area contributed by atoms with Crippen LogP contribution >= 0.6 is 0 Å². The van der Waals surface area contributed by atoms with Crippen molar-refractivity contribution < 1.29 is 9.53 Å². The number of nitrogens with zero attached hydrogens (tertiary/aromatic N) is 1. The Kier molecular flexibility index (Phi) is 8.81. The molecule has 0 N–H and O–H groups in total. The zero-order valence-electron chi connectivity index (χ0n) is 18.7. The van der Waals surface area contributed by atoms with Crippen molar-refractivity contribution in [3.63, 3.8) is 0 Å². The fourth-order valence-electron chi connectivity index (χ4n) is 2.92. The predicted octanol–water partition coefficient (Wildman–Crippen LogP) is 7.82. The van der Waals surface area contributed by atoms with Gasteiger partial charge in [0.2, 0.25) is 0 Å². The van der Waals surface area contributed by atoms with Crippen molar-refractivity contribution in [3.8, 4) is 5.75 Å². The summed E-state index contributed by atoms with van der Waals surface area (Å²) in [7, 11) is 1.69. The number of carbonyl (C=O) groups excluding carboxylic acids is 1. The second-order valence-electron chi connectivity index (χ2n) is 7.19. The number of anilines is 1. The zero-order valence-corrected chi connectivity index (χ0v) is 18.7. The Bertz CT molecular complexity index is 1150. The predicted molar refractivity (Wildman–Crippen MR) is 139 cm³/mol. The summed E-state index contributed by atoms with van der Waals surface area (Å²) >= 11 is 0. The molecule has 3 nitrogen and oxygen atoms in total. The number of carbonyl (C=O) groups is 1. The van der Waals surface area contributed by atoms with E-state index in [2.05, 4.69) is 6.58 Å². The third-order valence-electron chi connectivity index (χ3n) is 4.81. The monoisotopic (exact) mass is 433 g/mol. The first kappa shape index (κ1) is 23.3. The summed E-state index contributed by atoms with van der Waals surface area (Å²) in [6.07, 6.45) is 5.49. The van der Waals surface area contributed by atoms with Gasteiger partial charge in [-0.15, -0.1) is 0 Å². The number of benzene rings is 4. The average molecular weight is 434 g/mol. The number of hydrogen-bond donors (Lipinski definition) is 0. The maximum atomic E-state index is 12.2. The number of hydrogen-bond acceptors (Lipinski definition) is 2. The van der Waals surface area contributed by atoms with Crippen LogP contribution in [-0.4, -0.2) is 13.1 Å². The van der Waals surface area contributed by atoms with Crippen LogP contribution in [0.3, 0.4) is 0 Å². The summed E-state index contributed by atoms with van der Waals surface area (Å²) in [6.45, 7) is 3.63. The summed E-state index contributed by atoms with van der Waals surface area (Å²) in [5.41, 5.74) is 4.14. The van der Waals surface area contributed by atoms with Gasteiger partial charge in [-0.25, -0.2) is 4.79 Å². The van der Waals surface area contributed by atoms with Crippen LogP contribution in [0.15, 0.2) is 122 Å². The first-order valence-corrected chi connectivity index (χ1v) is 10.7. The van der Waals surface area contributed by atoms with Crippen molar-refractivity contribution in [2.75, 3.05) is 11.9 Å². The molecule has 0 saturated carbocycles. The summed E-state index contributed by atoms with van der Waals surface area (Å²) in [4.78, 5) is 13.7. The maximum absolute atomic E-state index is 12.2. The molecule has 0 fully saturated rings. The van der Waals surface area contributed by atoms with Gasteiger partial charge in [0.25, 0.3) is 0 Å². The van der Waals surface area contributed by atoms with Gasteiger partial charge < -0.3 is 4.74 Å². The van der Waals surface area contributed by atoms with Crippen LogP contribution in [0.4, 0.5) is 10.5 Å². The van der Waals surface area contributed by atoms with E-state index < -0.39 is 6.09 Å². The first-order chi connectivity index (χ1) is 16.2. The van der Waals surface area contributed by atoms with Crippen LogP contribution in [0.1, 0.15) is 16.7 Å². The van der Waals surface area contributed by atoms with Gasteiger partial charge in [-0.05, 0) is 41.0 Å². The van der Waals surface area contributed by atoms with Crippen molar-refractivity contribution in [1.82, 2.24) is 0 Å². The molecule has 0 heterocycles. The molecular weight excluding hydrogens is 406 g/mol. The molecule has 0 aliphatic heterocycles. The Morgan fingerprint density at radius 3 is 1.61 bits per heavy atom. The van der Waals surface area contributed by atoms with Crippen LogP contribution in [0.2, 0.25) is 0 Å². The van der Waals surface area contributed by atoms with E-state index in [4.69, 9.17) is 4.74 Å². The van der Waals surface area contributed by atoms with E-state index in [9.17, 15) is 4.79 Å². The summed E-state index contributed by atoms with van der Waals surface area (Å²) < 4.78 is 5.41. The van der Waals surface area contributed by atoms with E-state index in [1.807, 2.05) is 121 Å². The molecule has 0 aromatic heterocycles. The van der Waals surface area contributed by atoms with Gasteiger partial charge in [-0.1, -0.05) is 116 Å². The van der Waals surface area contributed by atoms with E-state index in [0.29, 0.717) is 5.75 Å². The van der Waals surface area contributed by atoms with Gasteiger partial charge in [0, 0.05) is 12.7 Å². The van der Waals surface area contributed by atoms with Gasteiger partial charge in [-0.3, -0.25) is 4.90 Å². The average Bonchev–Trinajstić information content (AvgIpc) is 2.90. The number of rotatable bonds is 5. The molecule has 0 bridgehead atoms. The fourth-order valence-corrected chi connectivity index (χ4v) is 2.92. The lowest BCUT2D eigenvalue weighted by Crippen LogP contribution is -2.29. The molecule has 4 aromatic carbocycles. The van der Waals surface area contributed by atoms with E-state index >= 15 is 0 Å². The lowest BCUT2D eigenvalue weighted by molar-refractivity contribution is 0.209. The lowest BCUT2D eigenvalue weighted by atomic mass is 10.1. The van der Waals surface area contributed by atoms with Crippen LogP contribution in [0.25, 0.3) is 18.2 Å². The smallest absolute Gasteiger partial charge is 0.410 e. The molecule has 3 heteroatoms. The molecule has 0 atom stereocenters. The molecule has 0 aliphatic carbocycles. The van der Waals surface area contributed by atoms with Crippen LogP contribution < -0.4 is 9.64 Å². The van der Waals surface area contributed by atoms with Crippen molar-refractivity contribution >= 4 is 30.0 Å². The highest BCUT2D eigenvalue weighted by molar-refractivity contribution is 5.88. The number of amides is 1. The summed E-state index contributed by atoms with van der Waals surface area (Å²) in [5, 5.41) is 0. The Labute approximate surface area is 195 Å². The molecule has 0 radical (unpaired) electrons. The standard InChI is InChI=1S/C22H19NO2.C8H8/c1-23(20-10-6-3-7-11-20)22(24)25-21-16-14-19(15-17-21)13-12-18-8-4-2-5-9-18;1-2-8-6-4-3-5-7-8/h2-17H,1H3;2-7H,1H2. The van der Waals surface area contributed by atoms with Crippen molar-refractivity contribution in [2.24, 2.45) is 0 Å². The van der Waals surface area contributed by atoms with Crippen molar-refractivity contribution in [1.29, 1.82) is 0 Å². The van der Waals surface area contributed by atoms with Gasteiger partial charge >= 0.3 is 6.09 Å². The first-order valence-electron chi connectivity index (χ1n) is 10.7. The molecule has 33 heavy (non-hydrogen) atoms. The summed E-state index contributed by atoms with van der Waals surface area (Å²) in [6, 6.07) is 36.9. The molecule has 0 aliphatic rings. The molecule has 0 unspecified atom stereocenters. The van der Waals surface area contributed by atoms with E-state index in [-0.39, 0.29) is 0 Å². The second kappa shape index (κ2) is 12.5. The normalized spacial score (nSPS) is 10.1. The highest BCUT2D eigenvalue weighted by Crippen LogP contribution is 2.18. The molecule has 4 aromatic rings. The van der Waals surface area contributed by atoms with Gasteiger partial charge in [-0.2, -0.15) is 0 Å². The van der Waals surface area contributed by atoms with Gasteiger partial charge in [0.1, 0.15) is 5.75 Å². The zero-order chi connectivity index (χ0) is 23.3. The highest BCUT2D eigenvalue weighted by Gasteiger charge is 2.12. The minimum absolute atomic E-state index is 0.418. The largest absolute Gasteiger partial charge is 0.419 e. The van der Waals surface area contributed by atoms with E-state index in [1.54, 1.807) is 19.2 Å². The van der Waals surface area contributed by atoms with Crippen LogP contribution in [0.5, 0.6) is 5.75 Å². The fraction of sp³-hybridized carbons (Fsp3) is 0.0333. The second-order valence-corrected chi connectivity index (χ2v) is 7.19.